The summed E-state index contributed by atoms with van der Waals surface area (Å²) in [6.07, 6.45) is -4.77. The molecule has 0 aliphatic rings. The van der Waals surface area contributed by atoms with E-state index < -0.39 is 30.0 Å². The molecule has 1 aromatic carbocycles. The SMILES string of the molecule is CC(=O)NC(CS)C(=O)Nc1ccc(OC(F)(F)F)cc1. The Kier molecular flexibility index (Phi) is 5.89. The third-order valence-electron chi connectivity index (χ3n) is 2.23. The fourth-order valence-corrected chi connectivity index (χ4v) is 1.67. The number of rotatable bonds is 5. The van der Waals surface area contributed by atoms with Crippen molar-refractivity contribution in [2.24, 2.45) is 0 Å². The van der Waals surface area contributed by atoms with E-state index >= 15 is 0 Å². The average Bonchev–Trinajstić information content (AvgIpc) is 2.36. The summed E-state index contributed by atoms with van der Waals surface area (Å²) in [7, 11) is 0. The van der Waals surface area contributed by atoms with E-state index in [1.165, 1.54) is 19.1 Å². The van der Waals surface area contributed by atoms with Gasteiger partial charge in [-0.3, -0.25) is 9.59 Å². The molecule has 5 nitrogen and oxygen atoms in total. The predicted molar refractivity (Wildman–Crippen MR) is 73.2 cm³/mol. The van der Waals surface area contributed by atoms with E-state index in [0.29, 0.717) is 0 Å². The lowest BCUT2D eigenvalue weighted by atomic mass is 10.2. The first-order valence-electron chi connectivity index (χ1n) is 5.76. The van der Waals surface area contributed by atoms with Crippen LogP contribution in [0.4, 0.5) is 18.9 Å². The molecular weight excluding hydrogens is 309 g/mol. The van der Waals surface area contributed by atoms with Crippen molar-refractivity contribution < 1.29 is 27.5 Å². The maximum absolute atomic E-state index is 12.0. The monoisotopic (exact) mass is 322 g/mol. The second-order valence-electron chi connectivity index (χ2n) is 4.00. The summed E-state index contributed by atoms with van der Waals surface area (Å²) in [4.78, 5) is 22.7. The van der Waals surface area contributed by atoms with Crippen LogP contribution in [0.1, 0.15) is 6.92 Å². The fraction of sp³-hybridized carbons (Fsp3) is 0.333. The van der Waals surface area contributed by atoms with Gasteiger partial charge >= 0.3 is 6.36 Å². The van der Waals surface area contributed by atoms with Crippen LogP contribution < -0.4 is 15.4 Å². The van der Waals surface area contributed by atoms with Crippen molar-refractivity contribution in [3.63, 3.8) is 0 Å². The van der Waals surface area contributed by atoms with Crippen LogP contribution in [0.2, 0.25) is 0 Å². The van der Waals surface area contributed by atoms with E-state index in [1.807, 2.05) is 0 Å². The number of carbonyl (C=O) groups excluding carboxylic acids is 2. The number of carbonyl (C=O) groups is 2. The van der Waals surface area contributed by atoms with Gasteiger partial charge in [0.15, 0.2) is 0 Å². The Labute approximate surface area is 124 Å². The van der Waals surface area contributed by atoms with Gasteiger partial charge in [-0.15, -0.1) is 13.2 Å². The molecule has 1 rings (SSSR count). The summed E-state index contributed by atoms with van der Waals surface area (Å²) in [6.45, 7) is 1.26. The molecule has 0 heterocycles. The van der Waals surface area contributed by atoms with E-state index in [-0.39, 0.29) is 11.4 Å². The Morgan fingerprint density at radius 3 is 2.29 bits per heavy atom. The highest BCUT2D eigenvalue weighted by atomic mass is 32.1. The number of hydrogen-bond donors (Lipinski definition) is 3. The van der Waals surface area contributed by atoms with Crippen molar-refractivity contribution in [3.8, 4) is 5.75 Å². The third kappa shape index (κ3) is 6.39. The van der Waals surface area contributed by atoms with Gasteiger partial charge in [0, 0.05) is 18.4 Å². The number of alkyl halides is 3. The van der Waals surface area contributed by atoms with Gasteiger partial charge in [0.05, 0.1) is 0 Å². The van der Waals surface area contributed by atoms with E-state index in [9.17, 15) is 22.8 Å². The molecule has 0 saturated heterocycles. The van der Waals surface area contributed by atoms with Crippen LogP contribution in [0.3, 0.4) is 0 Å². The Morgan fingerprint density at radius 1 is 1.29 bits per heavy atom. The average molecular weight is 322 g/mol. The van der Waals surface area contributed by atoms with Gasteiger partial charge < -0.3 is 15.4 Å². The van der Waals surface area contributed by atoms with Crippen molar-refractivity contribution in [1.82, 2.24) is 5.32 Å². The Morgan fingerprint density at radius 2 is 1.86 bits per heavy atom. The number of amides is 2. The molecule has 1 unspecified atom stereocenters. The maximum atomic E-state index is 12.0. The van der Waals surface area contributed by atoms with Crippen molar-refractivity contribution in [1.29, 1.82) is 0 Å². The van der Waals surface area contributed by atoms with Gasteiger partial charge in [-0.2, -0.15) is 12.6 Å². The minimum Gasteiger partial charge on any atom is -0.406 e. The molecule has 1 aromatic rings. The topological polar surface area (TPSA) is 67.4 Å². The Hall–Kier alpha value is -1.90. The van der Waals surface area contributed by atoms with Gasteiger partial charge in [-0.1, -0.05) is 0 Å². The number of ether oxygens (including phenoxy) is 1. The van der Waals surface area contributed by atoms with Gasteiger partial charge in [0.2, 0.25) is 11.8 Å². The molecule has 0 fully saturated rings. The molecule has 0 radical (unpaired) electrons. The number of hydrogen-bond acceptors (Lipinski definition) is 4. The molecule has 0 aliphatic carbocycles. The second-order valence-corrected chi connectivity index (χ2v) is 4.36. The first-order chi connectivity index (χ1) is 9.71. The van der Waals surface area contributed by atoms with Crippen molar-refractivity contribution >= 4 is 30.1 Å². The molecule has 0 bridgehead atoms. The van der Waals surface area contributed by atoms with Crippen molar-refractivity contribution in [3.05, 3.63) is 24.3 Å². The Bertz CT molecular complexity index is 505. The fourth-order valence-electron chi connectivity index (χ4n) is 1.41. The summed E-state index contributed by atoms with van der Waals surface area (Å²) in [6, 6.07) is 3.80. The zero-order valence-electron chi connectivity index (χ0n) is 10.9. The largest absolute Gasteiger partial charge is 0.573 e. The van der Waals surface area contributed by atoms with Crippen molar-refractivity contribution in [2.45, 2.75) is 19.3 Å². The lowest BCUT2D eigenvalue weighted by molar-refractivity contribution is -0.274. The number of anilines is 1. The minimum absolute atomic E-state index is 0.0840. The molecule has 21 heavy (non-hydrogen) atoms. The Balaban J connectivity index is 2.66. The second kappa shape index (κ2) is 7.21. The zero-order valence-corrected chi connectivity index (χ0v) is 11.8. The van der Waals surface area contributed by atoms with Gasteiger partial charge in [-0.25, -0.2) is 0 Å². The summed E-state index contributed by atoms with van der Waals surface area (Å²) < 4.78 is 39.7. The summed E-state index contributed by atoms with van der Waals surface area (Å²) in [5.41, 5.74) is 0.270. The molecule has 9 heteroatoms. The minimum atomic E-state index is -4.77. The molecule has 0 aromatic heterocycles. The molecular formula is C12H13F3N2O3S. The van der Waals surface area contributed by atoms with E-state index in [0.717, 1.165) is 12.1 Å². The van der Waals surface area contributed by atoms with Crippen LogP contribution in [0, 0.1) is 0 Å². The van der Waals surface area contributed by atoms with E-state index in [1.54, 1.807) is 0 Å². The smallest absolute Gasteiger partial charge is 0.406 e. The standard InChI is InChI=1S/C12H13F3N2O3S/c1-7(18)16-10(6-21)11(19)17-8-2-4-9(5-3-8)20-12(13,14)15/h2-5,10,21H,6H2,1H3,(H,16,18)(H,17,19). The third-order valence-corrected chi connectivity index (χ3v) is 2.60. The first kappa shape index (κ1) is 17.2. The van der Waals surface area contributed by atoms with Crippen LogP contribution >= 0.6 is 12.6 Å². The van der Waals surface area contributed by atoms with Gasteiger partial charge in [0.25, 0.3) is 0 Å². The highest BCUT2D eigenvalue weighted by molar-refractivity contribution is 7.80. The number of nitrogens with one attached hydrogen (secondary N) is 2. The van der Waals surface area contributed by atoms with Crippen LogP contribution in [-0.4, -0.2) is 30.0 Å². The number of thiol groups is 1. The lowest BCUT2D eigenvalue weighted by Crippen LogP contribution is -2.44. The molecule has 1 atom stereocenters. The molecule has 0 spiro atoms. The van der Waals surface area contributed by atoms with Crippen LogP contribution in [0.25, 0.3) is 0 Å². The maximum Gasteiger partial charge on any atom is 0.573 e. The van der Waals surface area contributed by atoms with Gasteiger partial charge in [0.1, 0.15) is 11.8 Å². The summed E-state index contributed by atoms with van der Waals surface area (Å²) in [5.74, 6) is -1.23. The highest BCUT2D eigenvalue weighted by Gasteiger charge is 2.31. The van der Waals surface area contributed by atoms with Crippen LogP contribution in [-0.2, 0) is 9.59 Å². The van der Waals surface area contributed by atoms with E-state index in [4.69, 9.17) is 0 Å². The van der Waals surface area contributed by atoms with Crippen molar-refractivity contribution in [2.75, 3.05) is 11.1 Å². The van der Waals surface area contributed by atoms with E-state index in [2.05, 4.69) is 28.0 Å². The van der Waals surface area contributed by atoms with Crippen LogP contribution in [0.5, 0.6) is 5.75 Å². The van der Waals surface area contributed by atoms with Crippen LogP contribution in [0.15, 0.2) is 24.3 Å². The zero-order chi connectivity index (χ0) is 16.0. The molecule has 2 N–H and O–H groups in total. The summed E-state index contributed by atoms with van der Waals surface area (Å²) in [5, 5.41) is 4.84. The molecule has 2 amide bonds. The number of benzene rings is 1. The lowest BCUT2D eigenvalue weighted by Gasteiger charge is -2.15. The predicted octanol–water partition coefficient (Wildman–Crippen LogP) is 1.96. The molecule has 0 saturated carbocycles. The summed E-state index contributed by atoms with van der Waals surface area (Å²) >= 11 is 3.94. The van der Waals surface area contributed by atoms with Gasteiger partial charge in [-0.05, 0) is 24.3 Å². The quantitative estimate of drug-likeness (QED) is 0.726. The highest BCUT2D eigenvalue weighted by Crippen LogP contribution is 2.23. The molecule has 0 aliphatic heterocycles. The first-order valence-corrected chi connectivity index (χ1v) is 6.39. The normalized spacial score (nSPS) is 12.4. The number of halogens is 3. The molecule has 116 valence electrons.